The third kappa shape index (κ3) is 5.93. The van der Waals surface area contributed by atoms with Crippen LogP contribution >= 0.6 is 0 Å². The van der Waals surface area contributed by atoms with E-state index in [1.807, 2.05) is 6.92 Å². The van der Waals surface area contributed by atoms with Crippen molar-refractivity contribution in [3.8, 4) is 0 Å². The van der Waals surface area contributed by atoms with Crippen LogP contribution in [0.2, 0.25) is 0 Å². The minimum Gasteiger partial charge on any atom is -0.379 e. The number of morpholine rings is 1. The second-order valence-corrected chi connectivity index (χ2v) is 6.22. The summed E-state index contributed by atoms with van der Waals surface area (Å²) in [7, 11) is 0. The number of nitrogens with one attached hydrogen (secondary N) is 1. The Bertz CT molecular complexity index is 300. The first-order valence-corrected chi connectivity index (χ1v) is 8.59. The Balaban J connectivity index is 1.52. The van der Waals surface area contributed by atoms with Gasteiger partial charge in [-0.2, -0.15) is 0 Å². The second kappa shape index (κ2) is 9.38. The van der Waals surface area contributed by atoms with Gasteiger partial charge >= 0.3 is 0 Å². The number of carbonyl (C=O) groups is 1. The number of ether oxygens (including phenoxy) is 1. The van der Waals surface area contributed by atoms with Crippen LogP contribution in [0.3, 0.4) is 0 Å². The number of rotatable bonds is 7. The molecule has 2 saturated heterocycles. The quantitative estimate of drug-likeness (QED) is 0.715. The summed E-state index contributed by atoms with van der Waals surface area (Å²) in [6.07, 6.45) is 6.37. The lowest BCUT2D eigenvalue weighted by Gasteiger charge is -2.31. The summed E-state index contributed by atoms with van der Waals surface area (Å²) in [4.78, 5) is 16.9. The van der Waals surface area contributed by atoms with Gasteiger partial charge in [0.15, 0.2) is 0 Å². The zero-order valence-corrected chi connectivity index (χ0v) is 13.5. The summed E-state index contributed by atoms with van der Waals surface area (Å²) >= 11 is 0. The SMILES string of the molecule is CC(C(=O)NCCCCN1CCCCC1)N1CCOCC1. The molecule has 1 unspecified atom stereocenters. The van der Waals surface area contributed by atoms with E-state index in [9.17, 15) is 4.79 Å². The molecule has 1 N–H and O–H groups in total. The monoisotopic (exact) mass is 297 g/mol. The molecule has 0 bridgehead atoms. The molecular formula is C16H31N3O2. The van der Waals surface area contributed by atoms with E-state index in [4.69, 9.17) is 4.74 Å². The molecule has 2 rings (SSSR count). The minimum absolute atomic E-state index is 0.0315. The van der Waals surface area contributed by atoms with Crippen molar-refractivity contribution < 1.29 is 9.53 Å². The zero-order chi connectivity index (χ0) is 14.9. The smallest absolute Gasteiger partial charge is 0.237 e. The molecule has 5 nitrogen and oxygen atoms in total. The molecule has 0 aromatic carbocycles. The van der Waals surface area contributed by atoms with Crippen LogP contribution in [0.4, 0.5) is 0 Å². The van der Waals surface area contributed by atoms with E-state index in [0.29, 0.717) is 0 Å². The lowest BCUT2D eigenvalue weighted by molar-refractivity contribution is -0.127. The Morgan fingerprint density at radius 3 is 2.52 bits per heavy atom. The molecule has 0 aliphatic carbocycles. The van der Waals surface area contributed by atoms with E-state index in [-0.39, 0.29) is 11.9 Å². The fourth-order valence-corrected chi connectivity index (χ4v) is 3.13. The summed E-state index contributed by atoms with van der Waals surface area (Å²) < 4.78 is 5.32. The van der Waals surface area contributed by atoms with Crippen LogP contribution in [0, 0.1) is 0 Å². The summed E-state index contributed by atoms with van der Waals surface area (Å²) in [5, 5.41) is 3.08. The van der Waals surface area contributed by atoms with Gasteiger partial charge in [-0.05, 0) is 52.2 Å². The van der Waals surface area contributed by atoms with Crippen molar-refractivity contribution in [2.75, 3.05) is 52.5 Å². The highest BCUT2D eigenvalue weighted by Gasteiger charge is 2.22. The van der Waals surface area contributed by atoms with Gasteiger partial charge in [0, 0.05) is 19.6 Å². The molecule has 2 heterocycles. The zero-order valence-electron chi connectivity index (χ0n) is 13.5. The van der Waals surface area contributed by atoms with Crippen LogP contribution in [0.25, 0.3) is 0 Å². The van der Waals surface area contributed by atoms with E-state index in [0.717, 1.165) is 39.3 Å². The molecule has 2 aliphatic rings. The standard InChI is InChI=1S/C16H31N3O2/c1-15(19-11-13-21-14-12-19)16(20)17-7-3-6-10-18-8-4-2-5-9-18/h15H,2-14H2,1H3,(H,17,20). The van der Waals surface area contributed by atoms with E-state index >= 15 is 0 Å². The average molecular weight is 297 g/mol. The van der Waals surface area contributed by atoms with Gasteiger partial charge < -0.3 is 15.0 Å². The van der Waals surface area contributed by atoms with Gasteiger partial charge in [-0.3, -0.25) is 9.69 Å². The van der Waals surface area contributed by atoms with Crippen LogP contribution in [0.15, 0.2) is 0 Å². The maximum absolute atomic E-state index is 12.1. The molecule has 1 amide bonds. The lowest BCUT2D eigenvalue weighted by Crippen LogP contribution is -2.49. The number of piperidine rings is 1. The number of amides is 1. The van der Waals surface area contributed by atoms with Crippen molar-refractivity contribution in [3.05, 3.63) is 0 Å². The highest BCUT2D eigenvalue weighted by molar-refractivity contribution is 5.81. The summed E-state index contributed by atoms with van der Waals surface area (Å²) in [6, 6.07) is -0.0315. The Kier molecular flexibility index (Phi) is 7.47. The van der Waals surface area contributed by atoms with Gasteiger partial charge in [-0.15, -0.1) is 0 Å². The molecule has 2 aliphatic heterocycles. The predicted octanol–water partition coefficient (Wildman–Crippen LogP) is 1.09. The third-order valence-corrected chi connectivity index (χ3v) is 4.62. The largest absolute Gasteiger partial charge is 0.379 e. The van der Waals surface area contributed by atoms with Gasteiger partial charge in [-0.25, -0.2) is 0 Å². The van der Waals surface area contributed by atoms with Crippen molar-refractivity contribution >= 4 is 5.91 Å². The molecule has 2 fully saturated rings. The molecule has 122 valence electrons. The second-order valence-electron chi connectivity index (χ2n) is 6.22. The highest BCUT2D eigenvalue weighted by atomic mass is 16.5. The Morgan fingerprint density at radius 2 is 1.81 bits per heavy atom. The van der Waals surface area contributed by atoms with E-state index in [1.54, 1.807) is 0 Å². The van der Waals surface area contributed by atoms with Crippen LogP contribution in [0.1, 0.15) is 39.0 Å². The summed E-state index contributed by atoms with van der Waals surface area (Å²) in [5.74, 6) is 0.162. The first-order valence-electron chi connectivity index (χ1n) is 8.59. The maximum Gasteiger partial charge on any atom is 0.237 e. The van der Waals surface area contributed by atoms with E-state index < -0.39 is 0 Å². The number of nitrogens with zero attached hydrogens (tertiary/aromatic N) is 2. The molecule has 0 spiro atoms. The molecule has 5 heteroatoms. The molecule has 0 saturated carbocycles. The molecule has 1 atom stereocenters. The number of hydrogen-bond donors (Lipinski definition) is 1. The normalized spacial score (nSPS) is 22.9. The minimum atomic E-state index is -0.0315. The molecule has 0 aromatic rings. The van der Waals surface area contributed by atoms with E-state index in [2.05, 4.69) is 15.1 Å². The first-order chi connectivity index (χ1) is 10.3. The molecule has 0 aromatic heterocycles. The summed E-state index contributed by atoms with van der Waals surface area (Å²) in [5.41, 5.74) is 0. The Hall–Kier alpha value is -0.650. The van der Waals surface area contributed by atoms with Crippen molar-refractivity contribution in [1.82, 2.24) is 15.1 Å². The number of likely N-dealkylation sites (tertiary alicyclic amines) is 1. The van der Waals surface area contributed by atoms with Crippen molar-refractivity contribution in [3.63, 3.8) is 0 Å². The van der Waals surface area contributed by atoms with Gasteiger partial charge in [0.05, 0.1) is 19.3 Å². The van der Waals surface area contributed by atoms with Gasteiger partial charge in [0.1, 0.15) is 0 Å². The topological polar surface area (TPSA) is 44.8 Å². The maximum atomic E-state index is 12.1. The van der Waals surface area contributed by atoms with Crippen molar-refractivity contribution in [1.29, 1.82) is 0 Å². The highest BCUT2D eigenvalue weighted by Crippen LogP contribution is 2.09. The van der Waals surface area contributed by atoms with Gasteiger partial charge in [-0.1, -0.05) is 6.42 Å². The number of carbonyl (C=O) groups excluding carboxylic acids is 1. The Morgan fingerprint density at radius 1 is 1.10 bits per heavy atom. The average Bonchev–Trinajstić information content (AvgIpc) is 2.55. The van der Waals surface area contributed by atoms with E-state index in [1.165, 1.54) is 45.3 Å². The van der Waals surface area contributed by atoms with Crippen LogP contribution in [-0.4, -0.2) is 74.2 Å². The predicted molar refractivity (Wildman–Crippen MR) is 84.4 cm³/mol. The molecule has 21 heavy (non-hydrogen) atoms. The number of hydrogen-bond acceptors (Lipinski definition) is 4. The van der Waals surface area contributed by atoms with Crippen molar-refractivity contribution in [2.45, 2.75) is 45.1 Å². The fourth-order valence-electron chi connectivity index (χ4n) is 3.13. The van der Waals surface area contributed by atoms with Crippen LogP contribution in [-0.2, 0) is 9.53 Å². The lowest BCUT2D eigenvalue weighted by atomic mass is 10.1. The van der Waals surface area contributed by atoms with Crippen molar-refractivity contribution in [2.24, 2.45) is 0 Å². The van der Waals surface area contributed by atoms with Crippen LogP contribution in [0.5, 0.6) is 0 Å². The number of unbranched alkanes of at least 4 members (excludes halogenated alkanes) is 1. The summed E-state index contributed by atoms with van der Waals surface area (Å²) in [6.45, 7) is 9.74. The van der Waals surface area contributed by atoms with Gasteiger partial charge in [0.2, 0.25) is 5.91 Å². The molecule has 0 radical (unpaired) electrons. The fraction of sp³-hybridized carbons (Fsp3) is 0.938. The Labute approximate surface area is 129 Å². The van der Waals surface area contributed by atoms with Gasteiger partial charge in [0.25, 0.3) is 0 Å². The van der Waals surface area contributed by atoms with Crippen LogP contribution < -0.4 is 5.32 Å². The third-order valence-electron chi connectivity index (χ3n) is 4.62. The first kappa shape index (κ1) is 16.7. The molecular weight excluding hydrogens is 266 g/mol.